The monoisotopic (exact) mass is 292 g/mol. The first kappa shape index (κ1) is 14.1. The van der Waals surface area contributed by atoms with Crippen LogP contribution in [-0.4, -0.2) is 17.6 Å². The molecular weight excluding hydrogens is 276 g/mol. The number of benzene rings is 2. The zero-order valence-electron chi connectivity index (χ0n) is 12.2. The first-order valence-electron chi connectivity index (χ1n) is 7.13. The van der Waals surface area contributed by atoms with E-state index >= 15 is 0 Å². The number of carbonyl (C=O) groups excluding carboxylic acids is 1. The minimum Gasteiger partial charge on any atom is -0.462 e. The molecule has 0 saturated heterocycles. The van der Waals surface area contributed by atoms with Crippen molar-refractivity contribution >= 4 is 22.6 Å². The number of pyridine rings is 1. The van der Waals surface area contributed by atoms with Gasteiger partial charge in [-0.2, -0.15) is 0 Å². The molecule has 0 aliphatic carbocycles. The second kappa shape index (κ2) is 5.85. The molecule has 2 aromatic carbocycles. The molecule has 0 aliphatic rings. The molecule has 0 radical (unpaired) electrons. The summed E-state index contributed by atoms with van der Waals surface area (Å²) >= 11 is 0. The van der Waals surface area contributed by atoms with Gasteiger partial charge in [-0.15, -0.1) is 0 Å². The minimum atomic E-state index is -0.447. The quantitative estimate of drug-likeness (QED) is 0.748. The predicted octanol–water partition coefficient (Wildman–Crippen LogP) is 3.66. The summed E-state index contributed by atoms with van der Waals surface area (Å²) in [5.74, 6) is -0.447. The highest BCUT2D eigenvalue weighted by Crippen LogP contribution is 2.32. The van der Waals surface area contributed by atoms with Gasteiger partial charge in [0.1, 0.15) is 5.56 Å². The van der Waals surface area contributed by atoms with Crippen molar-refractivity contribution in [1.82, 2.24) is 4.98 Å². The van der Waals surface area contributed by atoms with Crippen molar-refractivity contribution in [2.45, 2.75) is 6.92 Å². The number of rotatable bonds is 3. The van der Waals surface area contributed by atoms with Crippen molar-refractivity contribution in [3.63, 3.8) is 0 Å². The van der Waals surface area contributed by atoms with Gasteiger partial charge in [-0.05, 0) is 13.0 Å². The van der Waals surface area contributed by atoms with Crippen LogP contribution in [0.25, 0.3) is 22.2 Å². The predicted molar refractivity (Wildman–Crippen MR) is 87.5 cm³/mol. The summed E-state index contributed by atoms with van der Waals surface area (Å²) in [6.45, 7) is 2.06. The average molecular weight is 292 g/mol. The van der Waals surface area contributed by atoms with Crippen molar-refractivity contribution < 1.29 is 9.53 Å². The molecule has 3 aromatic rings. The van der Waals surface area contributed by atoms with Crippen LogP contribution in [0.3, 0.4) is 0 Å². The maximum atomic E-state index is 12.4. The van der Waals surface area contributed by atoms with Crippen LogP contribution >= 0.6 is 0 Å². The number of nitrogens with zero attached hydrogens (tertiary/aromatic N) is 1. The molecule has 0 saturated carbocycles. The number of nitrogens with two attached hydrogens (primary N) is 1. The summed E-state index contributed by atoms with van der Waals surface area (Å²) in [6.07, 6.45) is 0. The highest BCUT2D eigenvalue weighted by Gasteiger charge is 2.21. The van der Waals surface area contributed by atoms with Gasteiger partial charge in [0, 0.05) is 10.9 Å². The molecule has 0 aliphatic heterocycles. The molecule has 0 unspecified atom stereocenters. The molecule has 3 rings (SSSR count). The van der Waals surface area contributed by atoms with E-state index in [0.29, 0.717) is 23.6 Å². The molecule has 1 heterocycles. The van der Waals surface area contributed by atoms with Crippen molar-refractivity contribution in [3.8, 4) is 11.3 Å². The molecule has 0 amide bonds. The first-order chi connectivity index (χ1) is 10.7. The number of anilines is 1. The second-order valence-electron chi connectivity index (χ2n) is 4.85. The summed E-state index contributed by atoms with van der Waals surface area (Å²) in [5, 5.41) is 0.755. The zero-order chi connectivity index (χ0) is 15.5. The van der Waals surface area contributed by atoms with Crippen LogP contribution in [0.2, 0.25) is 0 Å². The minimum absolute atomic E-state index is 0.291. The molecule has 2 N–H and O–H groups in total. The van der Waals surface area contributed by atoms with Crippen LogP contribution in [0.4, 0.5) is 5.69 Å². The van der Waals surface area contributed by atoms with Gasteiger partial charge in [0.25, 0.3) is 0 Å². The number of carbonyl (C=O) groups is 1. The summed E-state index contributed by atoms with van der Waals surface area (Å²) in [7, 11) is 0. The third-order valence-corrected chi connectivity index (χ3v) is 3.46. The van der Waals surface area contributed by atoms with Crippen LogP contribution in [0, 0.1) is 0 Å². The van der Waals surface area contributed by atoms with Crippen LogP contribution in [-0.2, 0) is 4.74 Å². The normalized spacial score (nSPS) is 10.6. The number of para-hydroxylation sites is 1. The fraction of sp³-hybridized carbons (Fsp3) is 0.111. The van der Waals surface area contributed by atoms with E-state index in [-0.39, 0.29) is 0 Å². The van der Waals surface area contributed by atoms with Crippen LogP contribution in [0.1, 0.15) is 17.3 Å². The van der Waals surface area contributed by atoms with Gasteiger partial charge >= 0.3 is 5.97 Å². The van der Waals surface area contributed by atoms with Crippen LogP contribution < -0.4 is 5.73 Å². The molecule has 22 heavy (non-hydrogen) atoms. The number of hydrogen-bond acceptors (Lipinski definition) is 4. The lowest BCUT2D eigenvalue weighted by molar-refractivity contribution is 0.0528. The third kappa shape index (κ3) is 2.39. The zero-order valence-corrected chi connectivity index (χ0v) is 12.2. The molecule has 4 nitrogen and oxygen atoms in total. The Morgan fingerprint density at radius 1 is 1.09 bits per heavy atom. The Morgan fingerprint density at radius 3 is 2.50 bits per heavy atom. The maximum Gasteiger partial charge on any atom is 0.342 e. The van der Waals surface area contributed by atoms with Crippen molar-refractivity contribution in [1.29, 1.82) is 0 Å². The second-order valence-corrected chi connectivity index (χ2v) is 4.85. The topological polar surface area (TPSA) is 65.2 Å². The lowest BCUT2D eigenvalue weighted by Crippen LogP contribution is -2.11. The smallest absolute Gasteiger partial charge is 0.342 e. The van der Waals surface area contributed by atoms with E-state index in [9.17, 15) is 4.79 Å². The van der Waals surface area contributed by atoms with Gasteiger partial charge in [0.15, 0.2) is 0 Å². The number of hydrogen-bond donors (Lipinski definition) is 1. The van der Waals surface area contributed by atoms with Crippen LogP contribution in [0.15, 0.2) is 54.6 Å². The highest BCUT2D eigenvalue weighted by atomic mass is 16.5. The van der Waals surface area contributed by atoms with Gasteiger partial charge in [0.05, 0.1) is 23.5 Å². The van der Waals surface area contributed by atoms with E-state index in [2.05, 4.69) is 4.98 Å². The van der Waals surface area contributed by atoms with Crippen molar-refractivity contribution in [2.24, 2.45) is 0 Å². The Bertz CT molecular complexity index is 829. The lowest BCUT2D eigenvalue weighted by Gasteiger charge is -2.13. The number of fused-ring (bicyclic) bond motifs is 1. The maximum absolute atomic E-state index is 12.4. The number of aromatic nitrogens is 1. The largest absolute Gasteiger partial charge is 0.462 e. The Hall–Kier alpha value is -2.88. The van der Waals surface area contributed by atoms with Crippen molar-refractivity contribution in [3.05, 3.63) is 60.2 Å². The SMILES string of the molecule is CCOC(=O)c1c(-c2ccccc2)nc2ccccc2c1N. The summed E-state index contributed by atoms with van der Waals surface area (Å²) in [4.78, 5) is 17.0. The highest BCUT2D eigenvalue weighted by molar-refractivity contribution is 6.09. The molecule has 0 fully saturated rings. The van der Waals surface area contributed by atoms with Gasteiger partial charge in [0.2, 0.25) is 0 Å². The van der Waals surface area contributed by atoms with Crippen LogP contribution in [0.5, 0.6) is 0 Å². The lowest BCUT2D eigenvalue weighted by atomic mass is 10.0. The van der Waals surface area contributed by atoms with Gasteiger partial charge < -0.3 is 10.5 Å². The van der Waals surface area contributed by atoms with E-state index in [1.807, 2.05) is 54.6 Å². The number of ether oxygens (including phenoxy) is 1. The number of nitrogen functional groups attached to an aromatic ring is 1. The van der Waals surface area contributed by atoms with Crippen molar-refractivity contribution in [2.75, 3.05) is 12.3 Å². The molecule has 0 spiro atoms. The number of esters is 1. The first-order valence-corrected chi connectivity index (χ1v) is 7.13. The van der Waals surface area contributed by atoms with E-state index in [0.717, 1.165) is 16.5 Å². The molecule has 0 bridgehead atoms. The standard InChI is InChI=1S/C18H16N2O2/c1-2-22-18(21)15-16(19)13-10-6-7-11-14(13)20-17(15)12-8-4-3-5-9-12/h3-11H,2H2,1H3,(H2,19,20). The van der Waals surface area contributed by atoms with E-state index in [1.165, 1.54) is 0 Å². The van der Waals surface area contributed by atoms with Gasteiger partial charge in [-0.1, -0.05) is 48.5 Å². The molecule has 1 aromatic heterocycles. The van der Waals surface area contributed by atoms with Gasteiger partial charge in [-0.3, -0.25) is 0 Å². The molecule has 0 atom stereocenters. The van der Waals surface area contributed by atoms with Gasteiger partial charge in [-0.25, -0.2) is 9.78 Å². The molecule has 110 valence electrons. The summed E-state index contributed by atoms with van der Waals surface area (Å²) in [6, 6.07) is 17.0. The Morgan fingerprint density at radius 2 is 1.77 bits per heavy atom. The third-order valence-electron chi connectivity index (χ3n) is 3.46. The molecular formula is C18H16N2O2. The summed E-state index contributed by atoms with van der Waals surface area (Å²) in [5.41, 5.74) is 9.12. The Balaban J connectivity index is 2.33. The average Bonchev–Trinajstić information content (AvgIpc) is 2.55. The fourth-order valence-electron chi connectivity index (χ4n) is 2.45. The van der Waals surface area contributed by atoms with E-state index in [4.69, 9.17) is 10.5 Å². The van der Waals surface area contributed by atoms with E-state index < -0.39 is 5.97 Å². The van der Waals surface area contributed by atoms with E-state index in [1.54, 1.807) is 6.92 Å². The summed E-state index contributed by atoms with van der Waals surface area (Å²) < 4.78 is 5.16. The Labute approximate surface area is 128 Å². The Kier molecular flexibility index (Phi) is 3.74. The fourth-order valence-corrected chi connectivity index (χ4v) is 2.45. The molecule has 4 heteroatoms.